The van der Waals surface area contributed by atoms with Crippen molar-refractivity contribution >= 4 is 5.91 Å². The molecule has 0 saturated heterocycles. The molecule has 0 atom stereocenters. The second kappa shape index (κ2) is 9.17. The molecular weight excluding hydrogens is 266 g/mol. The Bertz CT molecular complexity index is 529. The molecule has 0 aliphatic heterocycles. The molecule has 0 aliphatic rings. The Morgan fingerprint density at radius 3 is 2.62 bits per heavy atom. The lowest BCUT2D eigenvalue weighted by Crippen LogP contribution is -2.34. The predicted molar refractivity (Wildman–Crippen MR) is 83.0 cm³/mol. The van der Waals surface area contributed by atoms with Gasteiger partial charge in [-0.3, -0.25) is 4.79 Å². The number of carbonyl (C=O) groups is 1. The van der Waals surface area contributed by atoms with Crippen LogP contribution in [0.5, 0.6) is 0 Å². The van der Waals surface area contributed by atoms with Crippen LogP contribution in [0.2, 0.25) is 0 Å². The number of hydrogen-bond acceptors (Lipinski definition) is 3. The van der Waals surface area contributed by atoms with Gasteiger partial charge in [-0.05, 0) is 37.1 Å². The molecule has 0 spiro atoms. The molecule has 4 heteroatoms. The zero-order valence-electron chi connectivity index (χ0n) is 12.7. The molecule has 21 heavy (non-hydrogen) atoms. The molecule has 1 aromatic carbocycles. The van der Waals surface area contributed by atoms with Crippen LogP contribution in [-0.2, 0) is 0 Å². The molecule has 4 nitrogen and oxygen atoms in total. The number of amides is 1. The third-order valence-corrected chi connectivity index (χ3v) is 3.21. The van der Waals surface area contributed by atoms with Crippen molar-refractivity contribution in [2.45, 2.75) is 26.7 Å². The van der Waals surface area contributed by atoms with E-state index < -0.39 is 0 Å². The Hall–Kier alpha value is -1.83. The van der Waals surface area contributed by atoms with Gasteiger partial charge in [-0.1, -0.05) is 25.2 Å². The molecule has 0 saturated carbocycles. The minimum atomic E-state index is -0.179. The van der Waals surface area contributed by atoms with Gasteiger partial charge in [0.1, 0.15) is 6.61 Å². The summed E-state index contributed by atoms with van der Waals surface area (Å²) in [6.07, 6.45) is 1.93. The highest BCUT2D eigenvalue weighted by molar-refractivity contribution is 5.94. The van der Waals surface area contributed by atoms with Crippen molar-refractivity contribution in [2.75, 3.05) is 26.3 Å². The number of aliphatic hydroxyl groups excluding tert-OH is 2. The number of benzene rings is 1. The van der Waals surface area contributed by atoms with Crippen molar-refractivity contribution < 1.29 is 15.0 Å². The Morgan fingerprint density at radius 1 is 1.29 bits per heavy atom. The minimum Gasteiger partial charge on any atom is -0.395 e. The minimum absolute atomic E-state index is 0.0332. The number of carbonyl (C=O) groups excluding carboxylic acids is 1. The molecule has 0 fully saturated rings. The highest BCUT2D eigenvalue weighted by Gasteiger charge is 2.15. The molecule has 0 bridgehead atoms. The van der Waals surface area contributed by atoms with Gasteiger partial charge in [0.2, 0.25) is 0 Å². The van der Waals surface area contributed by atoms with Crippen molar-refractivity contribution in [3.05, 3.63) is 34.9 Å². The molecule has 2 N–H and O–H groups in total. The van der Waals surface area contributed by atoms with Crippen molar-refractivity contribution in [3.8, 4) is 11.8 Å². The average molecular weight is 289 g/mol. The van der Waals surface area contributed by atoms with Gasteiger partial charge in [0.15, 0.2) is 0 Å². The normalized spacial score (nSPS) is 9.90. The van der Waals surface area contributed by atoms with Gasteiger partial charge in [0.25, 0.3) is 5.91 Å². The van der Waals surface area contributed by atoms with Crippen LogP contribution in [0.1, 0.15) is 41.3 Å². The van der Waals surface area contributed by atoms with Crippen LogP contribution in [0.3, 0.4) is 0 Å². The summed E-state index contributed by atoms with van der Waals surface area (Å²) >= 11 is 0. The smallest absolute Gasteiger partial charge is 0.253 e. The molecule has 114 valence electrons. The molecule has 0 unspecified atom stereocenters. The van der Waals surface area contributed by atoms with Crippen LogP contribution in [-0.4, -0.2) is 47.3 Å². The van der Waals surface area contributed by atoms with E-state index in [1.807, 2.05) is 6.92 Å². The lowest BCUT2D eigenvalue weighted by molar-refractivity contribution is 0.0719. The number of hydrogen-bond donors (Lipinski definition) is 2. The third kappa shape index (κ3) is 5.22. The summed E-state index contributed by atoms with van der Waals surface area (Å²) in [5.41, 5.74) is 2.32. The SMILES string of the molecule is CCCCN(CCO)C(=O)c1ccc(C#CCO)c(C)c1. The van der Waals surface area contributed by atoms with Gasteiger partial charge in [-0.25, -0.2) is 0 Å². The Labute approximate surface area is 126 Å². The standard InChI is InChI=1S/C17H23NO3/c1-3-4-9-18(10-12-20)17(21)16-8-7-15(6-5-11-19)14(2)13-16/h7-8,13,19-20H,3-4,9-12H2,1-2H3. The zero-order valence-corrected chi connectivity index (χ0v) is 12.7. The molecule has 0 heterocycles. The first-order chi connectivity index (χ1) is 10.1. The van der Waals surface area contributed by atoms with E-state index in [1.54, 1.807) is 23.1 Å². The quantitative estimate of drug-likeness (QED) is 0.782. The van der Waals surface area contributed by atoms with Crippen molar-refractivity contribution in [2.24, 2.45) is 0 Å². The predicted octanol–water partition coefficient (Wildman–Crippen LogP) is 1.57. The maximum absolute atomic E-state index is 12.5. The van der Waals surface area contributed by atoms with Gasteiger partial charge in [-0.15, -0.1) is 0 Å². The molecule has 1 amide bonds. The highest BCUT2D eigenvalue weighted by atomic mass is 16.3. The third-order valence-electron chi connectivity index (χ3n) is 3.21. The first kappa shape index (κ1) is 17.2. The van der Waals surface area contributed by atoms with Crippen molar-refractivity contribution in [1.82, 2.24) is 4.90 Å². The fourth-order valence-electron chi connectivity index (χ4n) is 2.04. The first-order valence-corrected chi connectivity index (χ1v) is 7.24. The fraction of sp³-hybridized carbons (Fsp3) is 0.471. The van der Waals surface area contributed by atoms with E-state index in [9.17, 15) is 4.79 Å². The summed E-state index contributed by atoms with van der Waals surface area (Å²) < 4.78 is 0. The van der Waals surface area contributed by atoms with E-state index in [0.29, 0.717) is 18.7 Å². The molecule has 0 radical (unpaired) electrons. The van der Waals surface area contributed by atoms with Gasteiger partial charge >= 0.3 is 0 Å². The van der Waals surface area contributed by atoms with Crippen LogP contribution < -0.4 is 0 Å². The summed E-state index contributed by atoms with van der Waals surface area (Å²) in [4.78, 5) is 14.1. The fourth-order valence-corrected chi connectivity index (χ4v) is 2.04. The van der Waals surface area contributed by atoms with E-state index in [2.05, 4.69) is 18.8 Å². The summed E-state index contributed by atoms with van der Waals surface area (Å²) in [6, 6.07) is 5.34. The van der Waals surface area contributed by atoms with Crippen LogP contribution in [0.15, 0.2) is 18.2 Å². The summed E-state index contributed by atoms with van der Waals surface area (Å²) in [7, 11) is 0. The lowest BCUT2D eigenvalue weighted by atomic mass is 10.0. The maximum Gasteiger partial charge on any atom is 0.253 e. The van der Waals surface area contributed by atoms with Crippen LogP contribution in [0.25, 0.3) is 0 Å². The molecule has 1 rings (SSSR count). The van der Waals surface area contributed by atoms with Gasteiger partial charge in [-0.2, -0.15) is 0 Å². The van der Waals surface area contributed by atoms with Gasteiger partial charge in [0.05, 0.1) is 6.61 Å². The topological polar surface area (TPSA) is 60.8 Å². The molecule has 1 aromatic rings. The van der Waals surface area contributed by atoms with Gasteiger partial charge in [0, 0.05) is 24.2 Å². The second-order valence-electron chi connectivity index (χ2n) is 4.86. The first-order valence-electron chi connectivity index (χ1n) is 7.24. The van der Waals surface area contributed by atoms with E-state index in [4.69, 9.17) is 10.2 Å². The Morgan fingerprint density at radius 2 is 2.05 bits per heavy atom. The van der Waals surface area contributed by atoms with E-state index in [1.165, 1.54) is 0 Å². The highest BCUT2D eigenvalue weighted by Crippen LogP contribution is 2.13. The van der Waals surface area contributed by atoms with Crippen LogP contribution >= 0.6 is 0 Å². The number of rotatable bonds is 6. The maximum atomic E-state index is 12.5. The number of unbranched alkanes of at least 4 members (excludes halogenated alkanes) is 1. The molecular formula is C17H23NO3. The van der Waals surface area contributed by atoms with Crippen LogP contribution in [0, 0.1) is 18.8 Å². The average Bonchev–Trinajstić information content (AvgIpc) is 2.49. The second-order valence-corrected chi connectivity index (χ2v) is 4.86. The molecule has 0 aliphatic carbocycles. The summed E-state index contributed by atoms with van der Waals surface area (Å²) in [5, 5.41) is 17.8. The Kier molecular flexibility index (Phi) is 7.52. The van der Waals surface area contributed by atoms with Crippen LogP contribution in [0.4, 0.5) is 0 Å². The van der Waals surface area contributed by atoms with E-state index >= 15 is 0 Å². The monoisotopic (exact) mass is 289 g/mol. The van der Waals surface area contributed by atoms with E-state index in [-0.39, 0.29) is 19.1 Å². The Balaban J connectivity index is 2.92. The van der Waals surface area contributed by atoms with E-state index in [0.717, 1.165) is 24.0 Å². The summed E-state index contributed by atoms with van der Waals surface area (Å²) in [6.45, 7) is 4.75. The lowest BCUT2D eigenvalue weighted by Gasteiger charge is -2.22. The largest absolute Gasteiger partial charge is 0.395 e. The van der Waals surface area contributed by atoms with Gasteiger partial charge < -0.3 is 15.1 Å². The van der Waals surface area contributed by atoms with Crippen molar-refractivity contribution in [1.29, 1.82) is 0 Å². The molecule has 0 aromatic heterocycles. The zero-order chi connectivity index (χ0) is 15.7. The number of aryl methyl sites for hydroxylation is 1. The summed E-state index contributed by atoms with van der Waals surface area (Å²) in [5.74, 6) is 5.39. The number of aliphatic hydroxyl groups is 2. The van der Waals surface area contributed by atoms with Crippen molar-refractivity contribution in [3.63, 3.8) is 0 Å². The number of nitrogens with zero attached hydrogens (tertiary/aromatic N) is 1.